The summed E-state index contributed by atoms with van der Waals surface area (Å²) in [7, 11) is 0. The lowest BCUT2D eigenvalue weighted by atomic mass is 9.86. The second-order valence-corrected chi connectivity index (χ2v) is 6.82. The Labute approximate surface area is 132 Å². The molecule has 1 aliphatic heterocycles. The molecule has 1 heterocycles. The molecule has 0 saturated heterocycles. The van der Waals surface area contributed by atoms with Crippen LogP contribution < -0.4 is 4.74 Å². The van der Waals surface area contributed by atoms with E-state index in [0.29, 0.717) is 12.2 Å². The first-order valence-electron chi connectivity index (χ1n) is 7.97. The van der Waals surface area contributed by atoms with Gasteiger partial charge in [0.05, 0.1) is 5.92 Å². The molecule has 0 fully saturated rings. The van der Waals surface area contributed by atoms with Gasteiger partial charge in [0.1, 0.15) is 17.1 Å². The molecule has 0 saturated carbocycles. The molecule has 2 rings (SSSR count). The molecule has 122 valence electrons. The number of carboxylic acids is 1. The van der Waals surface area contributed by atoms with Gasteiger partial charge in [-0.25, -0.2) is 0 Å². The summed E-state index contributed by atoms with van der Waals surface area (Å²) in [5.74, 6) is 0.191. The maximum absolute atomic E-state index is 10.9. The van der Waals surface area contributed by atoms with Crippen molar-refractivity contribution in [1.29, 1.82) is 0 Å². The van der Waals surface area contributed by atoms with Gasteiger partial charge >= 0.3 is 5.97 Å². The number of phenolic OH excluding ortho intramolecular Hbond substituents is 1. The first-order chi connectivity index (χ1) is 10.2. The highest BCUT2D eigenvalue weighted by Crippen LogP contribution is 2.41. The maximum atomic E-state index is 10.9. The Balaban J connectivity index is 2.07. The van der Waals surface area contributed by atoms with E-state index in [9.17, 15) is 9.90 Å². The fourth-order valence-corrected chi connectivity index (χ4v) is 3.05. The molecule has 0 aromatic heterocycles. The van der Waals surface area contributed by atoms with Crippen molar-refractivity contribution in [3.8, 4) is 11.5 Å². The Hall–Kier alpha value is -1.71. The van der Waals surface area contributed by atoms with Crippen molar-refractivity contribution in [2.75, 3.05) is 0 Å². The summed E-state index contributed by atoms with van der Waals surface area (Å²) in [5, 5.41) is 18.9. The summed E-state index contributed by atoms with van der Waals surface area (Å²) < 4.78 is 6.27. The number of rotatable bonds is 5. The van der Waals surface area contributed by atoms with Crippen LogP contribution in [0.2, 0.25) is 0 Å². The van der Waals surface area contributed by atoms with E-state index in [1.54, 1.807) is 6.92 Å². The summed E-state index contributed by atoms with van der Waals surface area (Å²) in [5.41, 5.74) is 2.68. The Morgan fingerprint density at radius 2 is 2.09 bits per heavy atom. The lowest BCUT2D eigenvalue weighted by molar-refractivity contribution is -0.141. The normalized spacial score (nSPS) is 21.8. The first kappa shape index (κ1) is 16.7. The minimum absolute atomic E-state index is 0.251. The zero-order valence-electron chi connectivity index (χ0n) is 13.9. The molecule has 22 heavy (non-hydrogen) atoms. The molecule has 0 radical (unpaired) electrons. The lowest BCUT2D eigenvalue weighted by Crippen LogP contribution is -2.36. The van der Waals surface area contributed by atoms with Crippen LogP contribution in [0.1, 0.15) is 56.2 Å². The minimum Gasteiger partial charge on any atom is -0.508 e. The number of aryl methyl sites for hydroxylation is 1. The molecule has 1 aromatic rings. The molecular weight excluding hydrogens is 280 g/mol. The van der Waals surface area contributed by atoms with Gasteiger partial charge in [-0.15, -0.1) is 0 Å². The number of carboxylic acid groups (broad SMARTS) is 1. The molecule has 4 nitrogen and oxygen atoms in total. The van der Waals surface area contributed by atoms with Crippen molar-refractivity contribution in [1.82, 2.24) is 0 Å². The zero-order valence-corrected chi connectivity index (χ0v) is 13.9. The largest absolute Gasteiger partial charge is 0.508 e. The third-order valence-electron chi connectivity index (χ3n) is 4.93. The fourth-order valence-electron chi connectivity index (χ4n) is 3.05. The van der Waals surface area contributed by atoms with Crippen molar-refractivity contribution in [3.63, 3.8) is 0 Å². The van der Waals surface area contributed by atoms with Crippen molar-refractivity contribution < 1.29 is 19.7 Å². The van der Waals surface area contributed by atoms with Gasteiger partial charge in [0.15, 0.2) is 0 Å². The SMILES string of the molecule is Cc1c(O)cc2c(c1C)O[C@](C)(CCC[C@H](C)C(=O)O)CC2. The predicted octanol–water partition coefficient (Wildman–Crippen LogP) is 3.98. The minimum atomic E-state index is -0.734. The van der Waals surface area contributed by atoms with Gasteiger partial charge in [-0.05, 0) is 75.6 Å². The van der Waals surface area contributed by atoms with Gasteiger partial charge in [0, 0.05) is 0 Å². The summed E-state index contributed by atoms with van der Waals surface area (Å²) in [6.45, 7) is 7.72. The van der Waals surface area contributed by atoms with Gasteiger partial charge in [-0.3, -0.25) is 4.79 Å². The highest BCUT2D eigenvalue weighted by molar-refractivity contribution is 5.69. The number of carbonyl (C=O) groups is 1. The number of hydrogen-bond donors (Lipinski definition) is 2. The molecule has 2 N–H and O–H groups in total. The van der Waals surface area contributed by atoms with Crippen LogP contribution in [0.4, 0.5) is 0 Å². The van der Waals surface area contributed by atoms with Crippen LogP contribution in [0, 0.1) is 19.8 Å². The smallest absolute Gasteiger partial charge is 0.306 e. The quantitative estimate of drug-likeness (QED) is 0.863. The van der Waals surface area contributed by atoms with E-state index in [4.69, 9.17) is 9.84 Å². The Morgan fingerprint density at radius 3 is 2.73 bits per heavy atom. The van der Waals surface area contributed by atoms with Crippen molar-refractivity contribution in [3.05, 3.63) is 22.8 Å². The molecule has 0 spiro atoms. The number of phenols is 1. The van der Waals surface area contributed by atoms with E-state index in [1.165, 1.54) is 0 Å². The highest BCUT2D eigenvalue weighted by atomic mass is 16.5. The summed E-state index contributed by atoms with van der Waals surface area (Å²) in [6, 6.07) is 1.81. The number of fused-ring (bicyclic) bond motifs is 1. The van der Waals surface area contributed by atoms with Gasteiger partial charge in [0.2, 0.25) is 0 Å². The van der Waals surface area contributed by atoms with Crippen LogP contribution in [-0.4, -0.2) is 21.8 Å². The molecular formula is C18H26O4. The number of aromatic hydroxyl groups is 1. The average Bonchev–Trinajstić information content (AvgIpc) is 2.46. The van der Waals surface area contributed by atoms with E-state index in [1.807, 2.05) is 19.9 Å². The second-order valence-electron chi connectivity index (χ2n) is 6.82. The summed E-state index contributed by atoms with van der Waals surface area (Å²) in [4.78, 5) is 10.9. The van der Waals surface area contributed by atoms with Crippen LogP contribution in [0.3, 0.4) is 0 Å². The van der Waals surface area contributed by atoms with Crippen LogP contribution >= 0.6 is 0 Å². The summed E-state index contributed by atoms with van der Waals surface area (Å²) in [6.07, 6.45) is 4.14. The van der Waals surface area contributed by atoms with E-state index >= 15 is 0 Å². The average molecular weight is 306 g/mol. The fraction of sp³-hybridized carbons (Fsp3) is 0.611. The molecule has 1 aromatic carbocycles. The third kappa shape index (κ3) is 3.37. The molecule has 0 aliphatic carbocycles. The van der Waals surface area contributed by atoms with E-state index in [2.05, 4.69) is 6.92 Å². The van der Waals surface area contributed by atoms with Crippen LogP contribution in [-0.2, 0) is 11.2 Å². The number of benzene rings is 1. The van der Waals surface area contributed by atoms with Crippen molar-refractivity contribution in [2.45, 2.75) is 65.4 Å². The van der Waals surface area contributed by atoms with Crippen LogP contribution in [0.25, 0.3) is 0 Å². The first-order valence-corrected chi connectivity index (χ1v) is 7.97. The topological polar surface area (TPSA) is 66.8 Å². The number of ether oxygens (including phenoxy) is 1. The predicted molar refractivity (Wildman–Crippen MR) is 85.6 cm³/mol. The Morgan fingerprint density at radius 1 is 1.41 bits per heavy atom. The second kappa shape index (κ2) is 6.19. The van der Waals surface area contributed by atoms with Gasteiger partial charge < -0.3 is 14.9 Å². The standard InChI is InChI=1S/C18H26O4/c1-11(17(20)21)6-5-8-18(4)9-7-14-10-15(19)12(2)13(3)16(14)22-18/h10-11,19H,5-9H2,1-4H3,(H,20,21)/t11-,18+/m0/s1. The van der Waals surface area contributed by atoms with Crippen molar-refractivity contribution in [2.24, 2.45) is 5.92 Å². The molecule has 0 amide bonds. The van der Waals surface area contributed by atoms with Crippen molar-refractivity contribution >= 4 is 5.97 Å². The Kier molecular flexibility index (Phi) is 4.69. The number of hydrogen-bond acceptors (Lipinski definition) is 3. The van der Waals surface area contributed by atoms with Gasteiger partial charge in [0.25, 0.3) is 0 Å². The summed E-state index contributed by atoms with van der Waals surface area (Å²) >= 11 is 0. The molecule has 4 heteroatoms. The monoisotopic (exact) mass is 306 g/mol. The third-order valence-corrected chi connectivity index (χ3v) is 4.93. The Bertz CT molecular complexity index is 579. The molecule has 0 unspecified atom stereocenters. The molecule has 0 bridgehead atoms. The molecule has 2 atom stereocenters. The van der Waals surface area contributed by atoms with Gasteiger partial charge in [-0.1, -0.05) is 6.92 Å². The van der Waals surface area contributed by atoms with Crippen LogP contribution in [0.15, 0.2) is 6.07 Å². The van der Waals surface area contributed by atoms with Gasteiger partial charge in [-0.2, -0.15) is 0 Å². The number of aliphatic carboxylic acids is 1. The lowest BCUT2D eigenvalue weighted by Gasteiger charge is -2.37. The van der Waals surface area contributed by atoms with Crippen LogP contribution in [0.5, 0.6) is 11.5 Å². The highest BCUT2D eigenvalue weighted by Gasteiger charge is 2.33. The van der Waals surface area contributed by atoms with E-state index in [-0.39, 0.29) is 11.5 Å². The molecule has 1 aliphatic rings. The van der Waals surface area contributed by atoms with E-state index in [0.717, 1.165) is 48.1 Å². The zero-order chi connectivity index (χ0) is 16.5. The van der Waals surface area contributed by atoms with E-state index < -0.39 is 5.97 Å². The maximum Gasteiger partial charge on any atom is 0.306 e.